The molecule has 9 atom stereocenters. The highest BCUT2D eigenvalue weighted by molar-refractivity contribution is 5.83. The molecule has 0 amide bonds. The first-order chi connectivity index (χ1) is 13.7. The van der Waals surface area contributed by atoms with Gasteiger partial charge in [-0.2, -0.15) is 0 Å². The molecular formula is C27H46O2. The van der Waals surface area contributed by atoms with E-state index in [4.69, 9.17) is 0 Å². The third-order valence-electron chi connectivity index (χ3n) is 10.6. The first-order valence-electron chi connectivity index (χ1n) is 12.9. The Morgan fingerprint density at radius 1 is 0.966 bits per heavy atom. The van der Waals surface area contributed by atoms with E-state index in [1.807, 2.05) is 0 Å². The topological polar surface area (TPSA) is 37.3 Å². The molecule has 29 heavy (non-hydrogen) atoms. The summed E-state index contributed by atoms with van der Waals surface area (Å²) < 4.78 is 0. The molecule has 0 aromatic rings. The summed E-state index contributed by atoms with van der Waals surface area (Å²) in [5, 5.41) is 10.2. The number of rotatable bonds is 5. The van der Waals surface area contributed by atoms with Gasteiger partial charge in [-0.15, -0.1) is 0 Å². The van der Waals surface area contributed by atoms with Gasteiger partial charge in [-0.3, -0.25) is 4.79 Å². The van der Waals surface area contributed by atoms with Gasteiger partial charge in [0.15, 0.2) is 0 Å². The smallest absolute Gasteiger partial charge is 0.136 e. The molecule has 166 valence electrons. The quantitative estimate of drug-likeness (QED) is 0.559. The summed E-state index contributed by atoms with van der Waals surface area (Å²) in [5.41, 5.74) is 0.672. The number of hydrogen-bond acceptors (Lipinski definition) is 2. The van der Waals surface area contributed by atoms with Crippen molar-refractivity contribution >= 4 is 5.78 Å². The van der Waals surface area contributed by atoms with Gasteiger partial charge in [0.2, 0.25) is 0 Å². The highest BCUT2D eigenvalue weighted by Gasteiger charge is 2.62. The summed E-state index contributed by atoms with van der Waals surface area (Å²) in [4.78, 5) is 13.5. The van der Waals surface area contributed by atoms with Crippen molar-refractivity contribution in [3.05, 3.63) is 0 Å². The predicted molar refractivity (Wildman–Crippen MR) is 119 cm³/mol. The summed E-state index contributed by atoms with van der Waals surface area (Å²) in [6.07, 6.45) is 12.8. The second-order valence-electron chi connectivity index (χ2n) is 12.6. The molecule has 0 aromatic heterocycles. The minimum atomic E-state index is -0.172. The van der Waals surface area contributed by atoms with Crippen LogP contribution in [0.3, 0.4) is 0 Å². The lowest BCUT2D eigenvalue weighted by Crippen LogP contribution is -2.57. The normalized spacial score (nSPS) is 48.2. The van der Waals surface area contributed by atoms with E-state index in [1.165, 1.54) is 44.9 Å². The standard InChI is InChI=1S/C27H46O2/c1-17(2)7-6-8-18(3)21-9-10-22-25-23(12-14-27(21,22)5)26(4)13-11-20(28)15-19(26)16-24(25)29/h17-23,25,28H,6-16H2,1-5H3/t18-,19?,20+,21-,22+,23+,25+,26+,27-/m1/s1. The molecule has 0 spiro atoms. The van der Waals surface area contributed by atoms with Gasteiger partial charge in [0.25, 0.3) is 0 Å². The number of ketones is 1. The van der Waals surface area contributed by atoms with E-state index in [0.29, 0.717) is 40.3 Å². The van der Waals surface area contributed by atoms with E-state index in [-0.39, 0.29) is 6.10 Å². The number of aliphatic hydroxyl groups excluding tert-OH is 1. The third-order valence-corrected chi connectivity index (χ3v) is 10.6. The molecular weight excluding hydrogens is 356 g/mol. The average Bonchev–Trinajstić information content (AvgIpc) is 3.00. The summed E-state index contributed by atoms with van der Waals surface area (Å²) in [7, 11) is 0. The molecule has 4 saturated carbocycles. The zero-order chi connectivity index (χ0) is 21.0. The van der Waals surface area contributed by atoms with E-state index >= 15 is 0 Å². The number of hydrogen-bond donors (Lipinski definition) is 1. The third kappa shape index (κ3) is 3.64. The van der Waals surface area contributed by atoms with Crippen molar-refractivity contribution < 1.29 is 9.90 Å². The maximum Gasteiger partial charge on any atom is 0.136 e. The molecule has 4 aliphatic carbocycles. The van der Waals surface area contributed by atoms with Crippen molar-refractivity contribution in [2.75, 3.05) is 0 Å². The fourth-order valence-electron chi connectivity index (χ4n) is 8.93. The van der Waals surface area contributed by atoms with E-state index in [0.717, 1.165) is 43.4 Å². The van der Waals surface area contributed by atoms with Crippen molar-refractivity contribution in [1.29, 1.82) is 0 Å². The zero-order valence-electron chi connectivity index (χ0n) is 19.8. The van der Waals surface area contributed by atoms with Gasteiger partial charge >= 0.3 is 0 Å². The van der Waals surface area contributed by atoms with Gasteiger partial charge in [0, 0.05) is 12.3 Å². The first-order valence-corrected chi connectivity index (χ1v) is 12.9. The lowest BCUT2D eigenvalue weighted by atomic mass is 9.44. The van der Waals surface area contributed by atoms with Gasteiger partial charge in [-0.05, 0) is 91.3 Å². The summed E-state index contributed by atoms with van der Waals surface area (Å²) >= 11 is 0. The van der Waals surface area contributed by atoms with E-state index in [1.54, 1.807) is 0 Å². The van der Waals surface area contributed by atoms with Crippen LogP contribution in [-0.2, 0) is 4.79 Å². The number of carbonyl (C=O) groups is 1. The molecule has 0 bridgehead atoms. The van der Waals surface area contributed by atoms with Gasteiger partial charge < -0.3 is 5.11 Å². The summed E-state index contributed by atoms with van der Waals surface area (Å²) in [5.74, 6) is 4.93. The van der Waals surface area contributed by atoms with Crippen molar-refractivity contribution in [1.82, 2.24) is 0 Å². The molecule has 0 aliphatic heterocycles. The van der Waals surface area contributed by atoms with Gasteiger partial charge in [-0.1, -0.05) is 53.9 Å². The van der Waals surface area contributed by atoms with Crippen LogP contribution in [0.4, 0.5) is 0 Å². The minimum Gasteiger partial charge on any atom is -0.393 e. The van der Waals surface area contributed by atoms with Crippen LogP contribution in [0.15, 0.2) is 0 Å². The molecule has 1 N–H and O–H groups in total. The number of Topliss-reactive ketones (excluding diaryl/α,β-unsaturated/α-hetero) is 1. The van der Waals surface area contributed by atoms with Gasteiger partial charge in [-0.25, -0.2) is 0 Å². The highest BCUT2D eigenvalue weighted by Crippen LogP contribution is 2.67. The van der Waals surface area contributed by atoms with Crippen LogP contribution >= 0.6 is 0 Å². The molecule has 4 aliphatic rings. The highest BCUT2D eigenvalue weighted by atomic mass is 16.3. The molecule has 0 aromatic carbocycles. The van der Waals surface area contributed by atoms with Crippen LogP contribution < -0.4 is 0 Å². The summed E-state index contributed by atoms with van der Waals surface area (Å²) in [6, 6.07) is 0. The minimum absolute atomic E-state index is 0.172. The van der Waals surface area contributed by atoms with Crippen molar-refractivity contribution in [3.8, 4) is 0 Å². The van der Waals surface area contributed by atoms with Crippen LogP contribution in [0.25, 0.3) is 0 Å². The SMILES string of the molecule is CC(C)CCC[C@@H](C)[C@H]1CC[C@H]2[C@@H]3C(=O)CC4C[C@@H](O)CC[C@]4(C)[C@H]3CC[C@]12C. The fourth-order valence-corrected chi connectivity index (χ4v) is 8.93. The Bertz CT molecular complexity index is 612. The Hall–Kier alpha value is -0.370. The fraction of sp³-hybridized carbons (Fsp3) is 0.963. The average molecular weight is 403 g/mol. The number of fused-ring (bicyclic) bond motifs is 5. The van der Waals surface area contributed by atoms with Crippen molar-refractivity contribution in [2.24, 2.45) is 52.3 Å². The Balaban J connectivity index is 1.51. The Morgan fingerprint density at radius 3 is 2.38 bits per heavy atom. The second kappa shape index (κ2) is 7.95. The zero-order valence-corrected chi connectivity index (χ0v) is 19.8. The monoisotopic (exact) mass is 402 g/mol. The largest absolute Gasteiger partial charge is 0.393 e. The van der Waals surface area contributed by atoms with Crippen LogP contribution in [0.5, 0.6) is 0 Å². The molecule has 1 unspecified atom stereocenters. The maximum absolute atomic E-state index is 13.5. The molecule has 4 fully saturated rings. The number of carbonyl (C=O) groups excluding carboxylic acids is 1. The number of aliphatic hydroxyl groups is 1. The van der Waals surface area contributed by atoms with E-state index in [9.17, 15) is 9.90 Å². The molecule has 0 radical (unpaired) electrons. The van der Waals surface area contributed by atoms with Crippen LogP contribution in [-0.4, -0.2) is 17.0 Å². The van der Waals surface area contributed by atoms with Gasteiger partial charge in [0.1, 0.15) is 5.78 Å². The first kappa shape index (κ1) is 21.8. The molecule has 2 nitrogen and oxygen atoms in total. The van der Waals surface area contributed by atoms with Gasteiger partial charge in [0.05, 0.1) is 6.10 Å². The Labute approximate surface area is 179 Å². The Kier molecular flexibility index (Phi) is 5.99. The lowest BCUT2D eigenvalue weighted by Gasteiger charge is -2.60. The van der Waals surface area contributed by atoms with Crippen LogP contribution in [0.2, 0.25) is 0 Å². The predicted octanol–water partition coefficient (Wildman–Crippen LogP) is 6.65. The lowest BCUT2D eigenvalue weighted by molar-refractivity contribution is -0.160. The van der Waals surface area contributed by atoms with Crippen molar-refractivity contribution in [3.63, 3.8) is 0 Å². The Morgan fingerprint density at radius 2 is 1.66 bits per heavy atom. The van der Waals surface area contributed by atoms with E-state index in [2.05, 4.69) is 34.6 Å². The molecule has 4 rings (SSSR count). The van der Waals surface area contributed by atoms with Crippen molar-refractivity contribution in [2.45, 2.75) is 111 Å². The molecule has 2 heteroatoms. The molecule has 0 saturated heterocycles. The second-order valence-corrected chi connectivity index (χ2v) is 12.6. The van der Waals surface area contributed by atoms with Crippen LogP contribution in [0.1, 0.15) is 105 Å². The van der Waals surface area contributed by atoms with Crippen LogP contribution in [0, 0.1) is 52.3 Å². The molecule has 0 heterocycles. The van der Waals surface area contributed by atoms with E-state index < -0.39 is 0 Å². The maximum atomic E-state index is 13.5. The summed E-state index contributed by atoms with van der Waals surface area (Å²) in [6.45, 7) is 12.2.